The molecule has 0 spiro atoms. The molecule has 0 heterocycles. The van der Waals surface area contributed by atoms with Crippen LogP contribution in [0.3, 0.4) is 0 Å². The summed E-state index contributed by atoms with van der Waals surface area (Å²) in [6.45, 7) is 13.7. The summed E-state index contributed by atoms with van der Waals surface area (Å²) >= 11 is 0. The summed E-state index contributed by atoms with van der Waals surface area (Å²) in [6, 6.07) is 0. The fourth-order valence-electron chi connectivity index (χ4n) is 2.30. The van der Waals surface area contributed by atoms with Crippen molar-refractivity contribution < 1.29 is 4.43 Å². The van der Waals surface area contributed by atoms with Crippen LogP contribution in [0.1, 0.15) is 40.0 Å². The summed E-state index contributed by atoms with van der Waals surface area (Å²) in [5, 5.41) is 0. The number of hydrogen-bond donors (Lipinski definition) is 0. The van der Waals surface area contributed by atoms with Crippen LogP contribution in [0.25, 0.3) is 0 Å². The minimum atomic E-state index is -1.43. The maximum atomic E-state index is 6.47. The highest BCUT2D eigenvalue weighted by molar-refractivity contribution is 6.69. The van der Waals surface area contributed by atoms with Crippen LogP contribution in [0.4, 0.5) is 0 Å². The molecule has 1 unspecified atom stereocenters. The first-order valence-corrected chi connectivity index (χ1v) is 9.52. The van der Waals surface area contributed by atoms with Crippen molar-refractivity contribution in [1.82, 2.24) is 0 Å². The van der Waals surface area contributed by atoms with Crippen LogP contribution >= 0.6 is 0 Å². The van der Waals surface area contributed by atoms with Crippen molar-refractivity contribution >= 4 is 8.32 Å². The molecule has 0 fully saturated rings. The van der Waals surface area contributed by atoms with E-state index in [0.29, 0.717) is 5.92 Å². The van der Waals surface area contributed by atoms with Crippen LogP contribution in [-0.4, -0.2) is 13.9 Å². The van der Waals surface area contributed by atoms with E-state index in [1.807, 2.05) is 0 Å². The summed E-state index contributed by atoms with van der Waals surface area (Å²) in [6.07, 6.45) is 5.91. The monoisotopic (exact) mass is 226 g/mol. The molecule has 2 heteroatoms. The van der Waals surface area contributed by atoms with Crippen LogP contribution in [0.15, 0.2) is 11.6 Å². The van der Waals surface area contributed by atoms with Gasteiger partial charge in [-0.05, 0) is 51.7 Å². The molecule has 88 valence electrons. The highest BCUT2D eigenvalue weighted by Crippen LogP contribution is 2.38. The molecule has 0 aromatic carbocycles. The van der Waals surface area contributed by atoms with Crippen LogP contribution in [0, 0.1) is 5.92 Å². The first kappa shape index (κ1) is 13.0. The molecule has 0 amide bonds. The van der Waals surface area contributed by atoms with E-state index < -0.39 is 8.32 Å². The lowest BCUT2D eigenvalue weighted by atomic mass is 9.78. The molecule has 0 saturated heterocycles. The lowest BCUT2D eigenvalue weighted by Gasteiger charge is -2.44. The van der Waals surface area contributed by atoms with Gasteiger partial charge in [-0.3, -0.25) is 0 Å². The van der Waals surface area contributed by atoms with E-state index in [1.54, 1.807) is 0 Å². The van der Waals surface area contributed by atoms with Gasteiger partial charge in [0.25, 0.3) is 0 Å². The molecule has 1 atom stereocenters. The topological polar surface area (TPSA) is 9.23 Å². The van der Waals surface area contributed by atoms with E-state index in [1.165, 1.54) is 18.4 Å². The van der Waals surface area contributed by atoms with Crippen LogP contribution < -0.4 is 0 Å². The fourth-order valence-corrected chi connectivity index (χ4v) is 3.95. The van der Waals surface area contributed by atoms with Crippen molar-refractivity contribution in [1.29, 1.82) is 0 Å². The predicted octanol–water partition coefficient (Wildman–Crippen LogP) is 4.36. The van der Waals surface area contributed by atoms with Crippen molar-refractivity contribution in [2.45, 2.75) is 65.3 Å². The molecular weight excluding hydrogens is 200 g/mol. The van der Waals surface area contributed by atoms with E-state index in [9.17, 15) is 0 Å². The third-order valence-electron chi connectivity index (χ3n) is 3.30. The highest BCUT2D eigenvalue weighted by atomic mass is 28.4. The number of rotatable bonds is 3. The SMILES string of the molecule is CC1=CCC(O[Si](C)(C)C)(C(C)C)CC1. The van der Waals surface area contributed by atoms with Gasteiger partial charge in [-0.15, -0.1) is 0 Å². The molecule has 1 nitrogen and oxygen atoms in total. The second kappa shape index (κ2) is 4.42. The molecule has 0 aliphatic heterocycles. The first-order valence-electron chi connectivity index (χ1n) is 6.11. The zero-order valence-electron chi connectivity index (χ0n) is 11.2. The summed E-state index contributed by atoms with van der Waals surface area (Å²) in [5.74, 6) is 0.619. The average Bonchev–Trinajstić information content (AvgIpc) is 2.06. The average molecular weight is 226 g/mol. The van der Waals surface area contributed by atoms with Gasteiger partial charge in [-0.25, -0.2) is 0 Å². The molecule has 1 rings (SSSR count). The van der Waals surface area contributed by atoms with E-state index in [-0.39, 0.29) is 5.60 Å². The van der Waals surface area contributed by atoms with E-state index in [2.05, 4.69) is 46.5 Å². The number of allylic oxidation sites excluding steroid dienone is 1. The molecule has 1 aliphatic carbocycles. The van der Waals surface area contributed by atoms with Gasteiger partial charge in [0, 0.05) is 0 Å². The summed E-state index contributed by atoms with van der Waals surface area (Å²) < 4.78 is 6.47. The molecule has 0 radical (unpaired) electrons. The molecule has 0 saturated carbocycles. The third kappa shape index (κ3) is 3.46. The van der Waals surface area contributed by atoms with Gasteiger partial charge in [-0.2, -0.15) is 0 Å². The standard InChI is InChI=1S/C13H26OSi/c1-11(2)13(14-15(4,5)6)9-7-12(3)8-10-13/h7,11H,8-10H2,1-6H3. The van der Waals surface area contributed by atoms with Gasteiger partial charge in [0.05, 0.1) is 5.60 Å². The Hall–Kier alpha value is -0.0831. The molecule has 0 aromatic heterocycles. The second-order valence-corrected chi connectivity index (χ2v) is 10.6. The Kier molecular flexibility index (Phi) is 3.83. The predicted molar refractivity (Wildman–Crippen MR) is 69.6 cm³/mol. The third-order valence-corrected chi connectivity index (χ3v) is 4.32. The smallest absolute Gasteiger partial charge is 0.184 e. The molecule has 1 aliphatic rings. The summed E-state index contributed by atoms with van der Waals surface area (Å²) in [5.41, 5.74) is 1.66. The first-order chi connectivity index (χ1) is 6.75. The Bertz CT molecular complexity index is 250. The van der Waals surface area contributed by atoms with Crippen molar-refractivity contribution in [2.24, 2.45) is 5.92 Å². The maximum absolute atomic E-state index is 6.47. The van der Waals surface area contributed by atoms with Gasteiger partial charge in [-0.1, -0.05) is 25.5 Å². The van der Waals surface area contributed by atoms with E-state index >= 15 is 0 Å². The zero-order valence-corrected chi connectivity index (χ0v) is 12.2. The van der Waals surface area contributed by atoms with Crippen molar-refractivity contribution in [3.63, 3.8) is 0 Å². The largest absolute Gasteiger partial charge is 0.412 e. The Labute approximate surface area is 96.0 Å². The van der Waals surface area contributed by atoms with Crippen molar-refractivity contribution in [3.8, 4) is 0 Å². The van der Waals surface area contributed by atoms with Crippen LogP contribution in [0.2, 0.25) is 19.6 Å². The Morgan fingerprint density at radius 3 is 2.27 bits per heavy atom. The second-order valence-electron chi connectivity index (χ2n) is 6.19. The number of hydrogen-bond acceptors (Lipinski definition) is 1. The van der Waals surface area contributed by atoms with Gasteiger partial charge in [0.1, 0.15) is 0 Å². The molecule has 0 aromatic rings. The Balaban J connectivity index is 2.82. The Morgan fingerprint density at radius 2 is 1.93 bits per heavy atom. The molecule has 0 N–H and O–H groups in total. The van der Waals surface area contributed by atoms with E-state index in [0.717, 1.165) is 6.42 Å². The lowest BCUT2D eigenvalue weighted by molar-refractivity contribution is 0.00448. The maximum Gasteiger partial charge on any atom is 0.184 e. The van der Waals surface area contributed by atoms with Crippen molar-refractivity contribution in [3.05, 3.63) is 11.6 Å². The van der Waals surface area contributed by atoms with Crippen LogP contribution in [-0.2, 0) is 4.43 Å². The van der Waals surface area contributed by atoms with Crippen molar-refractivity contribution in [2.75, 3.05) is 0 Å². The van der Waals surface area contributed by atoms with Gasteiger partial charge in [0.2, 0.25) is 0 Å². The van der Waals surface area contributed by atoms with Gasteiger partial charge >= 0.3 is 0 Å². The van der Waals surface area contributed by atoms with E-state index in [4.69, 9.17) is 4.43 Å². The normalized spacial score (nSPS) is 28.1. The summed E-state index contributed by atoms with van der Waals surface area (Å²) in [4.78, 5) is 0. The minimum absolute atomic E-state index is 0.129. The summed E-state index contributed by atoms with van der Waals surface area (Å²) in [7, 11) is -1.43. The molecular formula is C13H26OSi. The quantitative estimate of drug-likeness (QED) is 0.513. The van der Waals surface area contributed by atoms with Gasteiger partial charge < -0.3 is 4.43 Å². The lowest BCUT2D eigenvalue weighted by Crippen LogP contribution is -2.47. The zero-order chi connectivity index (χ0) is 11.7. The highest BCUT2D eigenvalue weighted by Gasteiger charge is 2.39. The molecule has 0 bridgehead atoms. The Morgan fingerprint density at radius 1 is 1.33 bits per heavy atom. The minimum Gasteiger partial charge on any atom is -0.412 e. The van der Waals surface area contributed by atoms with Gasteiger partial charge in [0.15, 0.2) is 8.32 Å². The fraction of sp³-hybridized carbons (Fsp3) is 0.846. The van der Waals surface area contributed by atoms with Crippen LogP contribution in [0.5, 0.6) is 0 Å². The molecule has 15 heavy (non-hydrogen) atoms.